The first-order chi connectivity index (χ1) is 12.7. The lowest BCUT2D eigenvalue weighted by molar-refractivity contribution is 0.0791. The Balaban J connectivity index is 1.43. The van der Waals surface area contributed by atoms with Gasteiger partial charge in [-0.25, -0.2) is 0 Å². The highest BCUT2D eigenvalue weighted by Crippen LogP contribution is 2.29. The Kier molecular flexibility index (Phi) is 4.48. The summed E-state index contributed by atoms with van der Waals surface area (Å²) in [5.41, 5.74) is 3.07. The molecule has 1 amide bonds. The summed E-state index contributed by atoms with van der Waals surface area (Å²) in [5, 5.41) is 0. The van der Waals surface area contributed by atoms with Crippen LogP contribution in [0, 0.1) is 0 Å². The predicted octanol–water partition coefficient (Wildman–Crippen LogP) is 4.12. The molecule has 1 atom stereocenters. The largest absolute Gasteiger partial charge is 0.497 e. The molecule has 0 bridgehead atoms. The van der Waals surface area contributed by atoms with Crippen LogP contribution in [0.4, 0.5) is 0 Å². The Morgan fingerprint density at radius 1 is 1.00 bits per heavy atom. The molecule has 26 heavy (non-hydrogen) atoms. The van der Waals surface area contributed by atoms with E-state index in [1.807, 2.05) is 70.4 Å². The minimum atomic E-state index is 0.111. The van der Waals surface area contributed by atoms with Crippen LogP contribution in [0.25, 0.3) is 5.69 Å². The first kappa shape index (κ1) is 16.5. The molecule has 0 N–H and O–H groups in total. The lowest BCUT2D eigenvalue weighted by Crippen LogP contribution is -2.28. The number of methoxy groups -OCH3 is 1. The molecule has 2 heterocycles. The molecule has 0 saturated carbocycles. The molecule has 3 aromatic rings. The van der Waals surface area contributed by atoms with Crippen molar-refractivity contribution in [2.45, 2.75) is 12.3 Å². The van der Waals surface area contributed by atoms with E-state index in [1.165, 1.54) is 5.56 Å². The topological polar surface area (TPSA) is 34.5 Å². The standard InChI is InChI=1S/C22H22N2O2/c1-26-21-10-6-17(7-11-21)19-12-15-24(16-19)22(25)18-4-8-20(9-5-18)23-13-2-3-14-23/h2-11,13-14,19H,12,15-16H2,1H3. The van der Waals surface area contributed by atoms with Gasteiger partial charge in [0, 0.05) is 42.7 Å². The molecular weight excluding hydrogens is 324 g/mol. The number of hydrogen-bond donors (Lipinski definition) is 0. The summed E-state index contributed by atoms with van der Waals surface area (Å²) in [6.07, 6.45) is 4.99. The first-order valence-corrected chi connectivity index (χ1v) is 8.91. The normalized spacial score (nSPS) is 16.7. The van der Waals surface area contributed by atoms with Gasteiger partial charge in [0.05, 0.1) is 7.11 Å². The quantitative estimate of drug-likeness (QED) is 0.712. The van der Waals surface area contributed by atoms with Gasteiger partial charge in [-0.3, -0.25) is 4.79 Å². The molecule has 1 aromatic heterocycles. The minimum Gasteiger partial charge on any atom is -0.497 e. The van der Waals surface area contributed by atoms with Gasteiger partial charge in [-0.05, 0) is 60.5 Å². The van der Waals surface area contributed by atoms with Crippen LogP contribution in [0.2, 0.25) is 0 Å². The third-order valence-electron chi connectivity index (χ3n) is 5.08. The van der Waals surface area contributed by atoms with Gasteiger partial charge in [-0.1, -0.05) is 12.1 Å². The molecule has 4 nitrogen and oxygen atoms in total. The van der Waals surface area contributed by atoms with Crippen molar-refractivity contribution in [3.63, 3.8) is 0 Å². The number of ether oxygens (including phenoxy) is 1. The van der Waals surface area contributed by atoms with Gasteiger partial charge < -0.3 is 14.2 Å². The molecule has 0 radical (unpaired) electrons. The van der Waals surface area contributed by atoms with Gasteiger partial charge in [0.1, 0.15) is 5.75 Å². The van der Waals surface area contributed by atoms with Crippen molar-refractivity contribution < 1.29 is 9.53 Å². The van der Waals surface area contributed by atoms with E-state index in [0.717, 1.165) is 36.5 Å². The number of hydrogen-bond acceptors (Lipinski definition) is 2. The highest BCUT2D eigenvalue weighted by Gasteiger charge is 2.27. The predicted molar refractivity (Wildman–Crippen MR) is 102 cm³/mol. The van der Waals surface area contributed by atoms with E-state index in [-0.39, 0.29) is 5.91 Å². The maximum atomic E-state index is 12.8. The molecule has 0 aliphatic carbocycles. The van der Waals surface area contributed by atoms with E-state index < -0.39 is 0 Å². The maximum absolute atomic E-state index is 12.8. The minimum absolute atomic E-state index is 0.111. The average molecular weight is 346 g/mol. The van der Waals surface area contributed by atoms with E-state index in [9.17, 15) is 4.79 Å². The van der Waals surface area contributed by atoms with Crippen LogP contribution in [0.5, 0.6) is 5.75 Å². The summed E-state index contributed by atoms with van der Waals surface area (Å²) < 4.78 is 7.25. The number of benzene rings is 2. The molecule has 2 aromatic carbocycles. The van der Waals surface area contributed by atoms with Gasteiger partial charge >= 0.3 is 0 Å². The fourth-order valence-electron chi connectivity index (χ4n) is 3.56. The van der Waals surface area contributed by atoms with Gasteiger partial charge in [-0.2, -0.15) is 0 Å². The summed E-state index contributed by atoms with van der Waals surface area (Å²) >= 11 is 0. The molecule has 1 aliphatic rings. The SMILES string of the molecule is COc1ccc(C2CCN(C(=O)c3ccc(-n4cccc4)cc3)C2)cc1. The summed E-state index contributed by atoms with van der Waals surface area (Å²) in [5.74, 6) is 1.37. The van der Waals surface area contributed by atoms with E-state index in [2.05, 4.69) is 12.1 Å². The Bertz CT molecular complexity index is 868. The molecular formula is C22H22N2O2. The van der Waals surface area contributed by atoms with Crippen LogP contribution < -0.4 is 4.74 Å². The summed E-state index contributed by atoms with van der Waals surface area (Å²) in [7, 11) is 1.67. The highest BCUT2D eigenvalue weighted by atomic mass is 16.5. The molecule has 1 fully saturated rings. The van der Waals surface area contributed by atoms with Crippen LogP contribution in [-0.4, -0.2) is 35.6 Å². The van der Waals surface area contributed by atoms with Gasteiger partial charge in [0.25, 0.3) is 5.91 Å². The zero-order chi connectivity index (χ0) is 17.9. The van der Waals surface area contributed by atoms with Crippen molar-refractivity contribution in [2.75, 3.05) is 20.2 Å². The monoisotopic (exact) mass is 346 g/mol. The van der Waals surface area contributed by atoms with Crippen molar-refractivity contribution in [2.24, 2.45) is 0 Å². The van der Waals surface area contributed by atoms with E-state index >= 15 is 0 Å². The van der Waals surface area contributed by atoms with Crippen molar-refractivity contribution >= 4 is 5.91 Å². The molecule has 1 saturated heterocycles. The Morgan fingerprint density at radius 2 is 1.69 bits per heavy atom. The Labute approximate surface area is 153 Å². The number of carbonyl (C=O) groups is 1. The number of rotatable bonds is 4. The lowest BCUT2D eigenvalue weighted by atomic mass is 9.98. The fourth-order valence-corrected chi connectivity index (χ4v) is 3.56. The molecule has 4 rings (SSSR count). The smallest absolute Gasteiger partial charge is 0.253 e. The first-order valence-electron chi connectivity index (χ1n) is 8.91. The summed E-state index contributed by atoms with van der Waals surface area (Å²) in [6, 6.07) is 20.0. The maximum Gasteiger partial charge on any atom is 0.253 e. The second kappa shape index (κ2) is 7.08. The zero-order valence-electron chi connectivity index (χ0n) is 14.8. The van der Waals surface area contributed by atoms with Crippen LogP contribution >= 0.6 is 0 Å². The number of likely N-dealkylation sites (tertiary alicyclic amines) is 1. The fraction of sp³-hybridized carbons (Fsp3) is 0.227. The zero-order valence-corrected chi connectivity index (χ0v) is 14.8. The lowest BCUT2D eigenvalue weighted by Gasteiger charge is -2.17. The number of carbonyl (C=O) groups excluding carboxylic acids is 1. The molecule has 132 valence electrons. The van der Waals surface area contributed by atoms with Crippen molar-refractivity contribution in [3.8, 4) is 11.4 Å². The number of amides is 1. The highest BCUT2D eigenvalue weighted by molar-refractivity contribution is 5.94. The van der Waals surface area contributed by atoms with Gasteiger partial charge in [0.15, 0.2) is 0 Å². The van der Waals surface area contributed by atoms with Crippen molar-refractivity contribution in [3.05, 3.63) is 84.2 Å². The third kappa shape index (κ3) is 3.23. The Morgan fingerprint density at radius 3 is 2.35 bits per heavy atom. The number of aromatic nitrogens is 1. The van der Waals surface area contributed by atoms with Crippen LogP contribution in [0.3, 0.4) is 0 Å². The van der Waals surface area contributed by atoms with Crippen LogP contribution in [-0.2, 0) is 0 Å². The van der Waals surface area contributed by atoms with Gasteiger partial charge in [0.2, 0.25) is 0 Å². The second-order valence-electron chi connectivity index (χ2n) is 6.65. The molecule has 1 aliphatic heterocycles. The van der Waals surface area contributed by atoms with Crippen LogP contribution in [0.1, 0.15) is 28.3 Å². The summed E-state index contributed by atoms with van der Waals surface area (Å²) in [4.78, 5) is 14.8. The average Bonchev–Trinajstić information content (AvgIpc) is 3.40. The third-order valence-corrected chi connectivity index (χ3v) is 5.08. The van der Waals surface area contributed by atoms with Crippen LogP contribution in [0.15, 0.2) is 73.1 Å². The van der Waals surface area contributed by atoms with Crippen molar-refractivity contribution in [1.82, 2.24) is 9.47 Å². The van der Waals surface area contributed by atoms with E-state index in [4.69, 9.17) is 4.74 Å². The van der Waals surface area contributed by atoms with E-state index in [1.54, 1.807) is 7.11 Å². The molecule has 0 spiro atoms. The molecule has 1 unspecified atom stereocenters. The molecule has 4 heteroatoms. The van der Waals surface area contributed by atoms with Gasteiger partial charge in [-0.15, -0.1) is 0 Å². The Hall–Kier alpha value is -3.01. The number of nitrogens with zero attached hydrogens (tertiary/aromatic N) is 2. The van der Waals surface area contributed by atoms with E-state index in [0.29, 0.717) is 5.92 Å². The second-order valence-corrected chi connectivity index (χ2v) is 6.65. The summed E-state index contributed by atoms with van der Waals surface area (Å²) in [6.45, 7) is 1.57. The van der Waals surface area contributed by atoms with Crippen molar-refractivity contribution in [1.29, 1.82) is 0 Å².